The fourth-order valence-electron chi connectivity index (χ4n) is 2.28. The van der Waals surface area contributed by atoms with E-state index in [1.54, 1.807) is 25.1 Å². The second kappa shape index (κ2) is 7.52. The highest BCUT2D eigenvalue weighted by Crippen LogP contribution is 2.34. The van der Waals surface area contributed by atoms with Gasteiger partial charge >= 0.3 is 5.97 Å². The number of para-hydroxylation sites is 2. The third-order valence-corrected chi connectivity index (χ3v) is 5.38. The number of halogens is 1. The van der Waals surface area contributed by atoms with Crippen LogP contribution in [0.1, 0.15) is 13.8 Å². The molecule has 0 fully saturated rings. The lowest BCUT2D eigenvalue weighted by molar-refractivity contribution is -0.137. The fourth-order valence-corrected chi connectivity index (χ4v) is 3.91. The molecule has 0 saturated carbocycles. The Bertz CT molecular complexity index is 852. The third-order valence-electron chi connectivity index (χ3n) is 3.48. The summed E-state index contributed by atoms with van der Waals surface area (Å²) in [5.41, 5.74) is 0.101. The van der Waals surface area contributed by atoms with Gasteiger partial charge in [-0.1, -0.05) is 12.1 Å². The van der Waals surface area contributed by atoms with E-state index in [0.717, 1.165) is 28.6 Å². The van der Waals surface area contributed by atoms with Gasteiger partial charge < -0.3 is 9.84 Å². The van der Waals surface area contributed by atoms with Crippen molar-refractivity contribution in [3.05, 3.63) is 54.3 Å². The number of hydrogen-bond donors (Lipinski definition) is 1. The van der Waals surface area contributed by atoms with Crippen molar-refractivity contribution in [2.75, 3.05) is 10.9 Å². The van der Waals surface area contributed by atoms with Gasteiger partial charge in [-0.25, -0.2) is 21.9 Å². The van der Waals surface area contributed by atoms with Crippen LogP contribution in [-0.4, -0.2) is 32.1 Å². The van der Waals surface area contributed by atoms with Crippen LogP contribution in [0.4, 0.5) is 10.1 Å². The second-order valence-corrected chi connectivity index (χ2v) is 6.98. The first-order valence-electron chi connectivity index (χ1n) is 7.53. The molecule has 2 rings (SSSR count). The summed E-state index contributed by atoms with van der Waals surface area (Å²) in [6.45, 7) is 3.27. The average molecular weight is 367 g/mol. The van der Waals surface area contributed by atoms with Crippen molar-refractivity contribution in [3.63, 3.8) is 0 Å². The minimum atomic E-state index is -4.25. The van der Waals surface area contributed by atoms with Gasteiger partial charge in [0.15, 0.2) is 0 Å². The van der Waals surface area contributed by atoms with Gasteiger partial charge in [-0.05, 0) is 50.2 Å². The first-order valence-corrected chi connectivity index (χ1v) is 8.97. The number of benzene rings is 2. The summed E-state index contributed by atoms with van der Waals surface area (Å²) in [5.74, 6) is -1.67. The standard InChI is InChI=1S/C17H18FNO5S/c1-3-24-16-7-5-4-6-15(16)19(12(2)17(20)21)25(22,23)14-10-8-13(18)9-11-14/h4-12H,3H2,1-2H3,(H,20,21). The first kappa shape index (κ1) is 18.7. The average Bonchev–Trinajstić information content (AvgIpc) is 2.57. The summed E-state index contributed by atoms with van der Waals surface area (Å²) in [7, 11) is -4.25. The zero-order chi connectivity index (χ0) is 18.6. The SMILES string of the molecule is CCOc1ccccc1N(C(C)C(=O)O)S(=O)(=O)c1ccc(F)cc1. The molecule has 0 amide bonds. The van der Waals surface area contributed by atoms with Crippen LogP contribution in [0.25, 0.3) is 0 Å². The Morgan fingerprint density at radius 1 is 1.20 bits per heavy atom. The summed E-state index contributed by atoms with van der Waals surface area (Å²) < 4.78 is 45.4. The normalized spacial score (nSPS) is 12.4. The van der Waals surface area contributed by atoms with E-state index in [-0.39, 0.29) is 22.9 Å². The van der Waals surface area contributed by atoms with E-state index in [9.17, 15) is 22.7 Å². The molecule has 1 unspecified atom stereocenters. The quantitative estimate of drug-likeness (QED) is 0.813. The zero-order valence-electron chi connectivity index (χ0n) is 13.7. The van der Waals surface area contributed by atoms with Gasteiger partial charge in [0.05, 0.1) is 17.2 Å². The maximum atomic E-state index is 13.1. The lowest BCUT2D eigenvalue weighted by Gasteiger charge is -2.29. The molecule has 1 atom stereocenters. The van der Waals surface area contributed by atoms with Crippen molar-refractivity contribution in [2.24, 2.45) is 0 Å². The largest absolute Gasteiger partial charge is 0.492 e. The molecule has 6 nitrogen and oxygen atoms in total. The summed E-state index contributed by atoms with van der Waals surface area (Å²) in [6.07, 6.45) is 0. The number of hydrogen-bond acceptors (Lipinski definition) is 4. The molecule has 0 radical (unpaired) electrons. The maximum Gasteiger partial charge on any atom is 0.327 e. The number of rotatable bonds is 7. The van der Waals surface area contributed by atoms with Crippen molar-refractivity contribution >= 4 is 21.7 Å². The summed E-state index contributed by atoms with van der Waals surface area (Å²) in [6, 6.07) is 9.06. The van der Waals surface area contributed by atoms with Crippen molar-refractivity contribution < 1.29 is 27.4 Å². The Morgan fingerprint density at radius 2 is 1.80 bits per heavy atom. The fraction of sp³-hybridized carbons (Fsp3) is 0.235. The van der Waals surface area contributed by atoms with Gasteiger partial charge in [-0.3, -0.25) is 0 Å². The van der Waals surface area contributed by atoms with Crippen LogP contribution in [-0.2, 0) is 14.8 Å². The molecule has 0 saturated heterocycles. The van der Waals surface area contributed by atoms with Crippen LogP contribution in [0.5, 0.6) is 5.75 Å². The Balaban J connectivity index is 2.65. The van der Waals surface area contributed by atoms with E-state index in [1.807, 2.05) is 0 Å². The second-order valence-electron chi connectivity index (χ2n) is 5.17. The van der Waals surface area contributed by atoms with E-state index in [2.05, 4.69) is 0 Å². The van der Waals surface area contributed by atoms with Crippen LogP contribution in [0.2, 0.25) is 0 Å². The van der Waals surface area contributed by atoms with Gasteiger partial charge in [0.2, 0.25) is 0 Å². The van der Waals surface area contributed by atoms with Crippen LogP contribution >= 0.6 is 0 Å². The van der Waals surface area contributed by atoms with Crippen molar-refractivity contribution in [3.8, 4) is 5.75 Å². The third kappa shape index (κ3) is 3.90. The lowest BCUT2D eigenvalue weighted by Crippen LogP contribution is -2.43. The highest BCUT2D eigenvalue weighted by Gasteiger charge is 2.35. The maximum absolute atomic E-state index is 13.1. The highest BCUT2D eigenvalue weighted by molar-refractivity contribution is 7.93. The number of ether oxygens (including phenoxy) is 1. The molecule has 0 bridgehead atoms. The van der Waals surface area contributed by atoms with Gasteiger partial charge in [0.1, 0.15) is 17.6 Å². The van der Waals surface area contributed by atoms with Gasteiger partial charge in [0, 0.05) is 0 Å². The number of sulfonamides is 1. The molecule has 2 aromatic rings. The summed E-state index contributed by atoms with van der Waals surface area (Å²) >= 11 is 0. The minimum Gasteiger partial charge on any atom is -0.492 e. The smallest absolute Gasteiger partial charge is 0.327 e. The number of nitrogens with zero attached hydrogens (tertiary/aromatic N) is 1. The van der Waals surface area contributed by atoms with E-state index >= 15 is 0 Å². The van der Waals surface area contributed by atoms with Crippen LogP contribution in [0.3, 0.4) is 0 Å². The van der Waals surface area contributed by atoms with Crippen LogP contribution < -0.4 is 9.04 Å². The molecule has 0 aliphatic rings. The molecule has 0 aliphatic heterocycles. The van der Waals surface area contributed by atoms with E-state index in [0.29, 0.717) is 0 Å². The van der Waals surface area contributed by atoms with E-state index < -0.39 is 27.9 Å². The number of aliphatic carboxylic acids is 1. The number of carbonyl (C=O) groups is 1. The topological polar surface area (TPSA) is 83.9 Å². The molecule has 134 valence electrons. The molecular weight excluding hydrogens is 349 g/mol. The van der Waals surface area contributed by atoms with E-state index in [4.69, 9.17) is 4.74 Å². The summed E-state index contributed by atoms with van der Waals surface area (Å²) in [4.78, 5) is 11.3. The molecule has 2 aromatic carbocycles. The Morgan fingerprint density at radius 3 is 2.36 bits per heavy atom. The molecule has 8 heteroatoms. The number of carboxylic acid groups (broad SMARTS) is 1. The Labute approximate surface area is 145 Å². The monoisotopic (exact) mass is 367 g/mol. The molecule has 0 aromatic heterocycles. The minimum absolute atomic E-state index is 0.101. The zero-order valence-corrected chi connectivity index (χ0v) is 14.5. The number of anilines is 1. The van der Waals surface area contributed by atoms with Gasteiger partial charge in [-0.2, -0.15) is 0 Å². The molecule has 0 aliphatic carbocycles. The first-order chi connectivity index (χ1) is 11.8. The van der Waals surface area contributed by atoms with Crippen molar-refractivity contribution in [1.29, 1.82) is 0 Å². The van der Waals surface area contributed by atoms with Gasteiger partial charge in [-0.15, -0.1) is 0 Å². The van der Waals surface area contributed by atoms with Crippen molar-refractivity contribution in [2.45, 2.75) is 24.8 Å². The lowest BCUT2D eigenvalue weighted by atomic mass is 10.2. The predicted octanol–water partition coefficient (Wildman–Crippen LogP) is 2.89. The molecule has 1 N–H and O–H groups in total. The molecule has 0 spiro atoms. The molecule has 0 heterocycles. The Kier molecular flexibility index (Phi) is 5.63. The van der Waals surface area contributed by atoms with Gasteiger partial charge in [0.25, 0.3) is 10.0 Å². The highest BCUT2D eigenvalue weighted by atomic mass is 32.2. The molecule has 25 heavy (non-hydrogen) atoms. The van der Waals surface area contributed by atoms with Crippen LogP contribution in [0, 0.1) is 5.82 Å². The Hall–Kier alpha value is -2.61. The van der Waals surface area contributed by atoms with E-state index in [1.165, 1.54) is 13.0 Å². The van der Waals surface area contributed by atoms with Crippen LogP contribution in [0.15, 0.2) is 53.4 Å². The number of carboxylic acids is 1. The molecular formula is C17H18FNO5S. The van der Waals surface area contributed by atoms with Crippen molar-refractivity contribution in [1.82, 2.24) is 0 Å². The predicted molar refractivity (Wildman–Crippen MR) is 90.8 cm³/mol. The summed E-state index contributed by atoms with van der Waals surface area (Å²) in [5, 5.41) is 9.38.